The van der Waals surface area contributed by atoms with Crippen molar-refractivity contribution in [1.29, 1.82) is 0 Å². The van der Waals surface area contributed by atoms with Gasteiger partial charge in [-0.05, 0) is 42.0 Å². The van der Waals surface area contributed by atoms with Crippen LogP contribution >= 0.6 is 23.4 Å². The second kappa shape index (κ2) is 8.30. The summed E-state index contributed by atoms with van der Waals surface area (Å²) in [6.07, 6.45) is 1.43. The van der Waals surface area contributed by atoms with Gasteiger partial charge in [0.25, 0.3) is 5.69 Å². The predicted molar refractivity (Wildman–Crippen MR) is 91.0 cm³/mol. The van der Waals surface area contributed by atoms with Crippen LogP contribution in [-0.2, 0) is 4.79 Å². The molecule has 0 heterocycles. The van der Waals surface area contributed by atoms with Crippen LogP contribution < -0.4 is 5.43 Å². The molecule has 8 heteroatoms. The Bertz CT molecular complexity index is 718. The van der Waals surface area contributed by atoms with Crippen molar-refractivity contribution in [2.24, 2.45) is 5.10 Å². The molecule has 23 heavy (non-hydrogen) atoms. The fraction of sp³-hybridized carbons (Fsp3) is 0.0667. The minimum atomic E-state index is -0.476. The van der Waals surface area contributed by atoms with Gasteiger partial charge in [0, 0.05) is 22.1 Å². The summed E-state index contributed by atoms with van der Waals surface area (Å²) >= 11 is 7.15. The smallest absolute Gasteiger partial charge is 0.269 e. The Kier molecular flexibility index (Phi) is 6.13. The van der Waals surface area contributed by atoms with Crippen molar-refractivity contribution in [2.45, 2.75) is 4.90 Å². The quantitative estimate of drug-likeness (QED) is 0.374. The largest absolute Gasteiger partial charge is 0.272 e. The molecule has 118 valence electrons. The molecule has 0 aliphatic rings. The van der Waals surface area contributed by atoms with E-state index < -0.39 is 4.92 Å². The molecule has 2 rings (SSSR count). The third-order valence-electron chi connectivity index (χ3n) is 2.69. The number of nitrogens with zero attached hydrogens (tertiary/aromatic N) is 2. The molecule has 0 aliphatic carbocycles. The van der Waals surface area contributed by atoms with E-state index in [1.807, 2.05) is 12.1 Å². The average molecular weight is 350 g/mol. The van der Waals surface area contributed by atoms with E-state index >= 15 is 0 Å². The molecule has 0 aliphatic heterocycles. The molecule has 2 aromatic rings. The van der Waals surface area contributed by atoms with Crippen LogP contribution in [0, 0.1) is 10.1 Å². The SMILES string of the molecule is O=C(CSc1ccc(Cl)cc1)N/N=C/c1ccc([N+](=O)[O-])cc1. The molecule has 0 saturated carbocycles. The van der Waals surface area contributed by atoms with E-state index in [2.05, 4.69) is 10.5 Å². The lowest BCUT2D eigenvalue weighted by molar-refractivity contribution is -0.384. The molecule has 0 aromatic heterocycles. The number of nitro benzene ring substituents is 1. The maximum absolute atomic E-state index is 11.7. The lowest BCUT2D eigenvalue weighted by atomic mass is 10.2. The molecule has 1 N–H and O–H groups in total. The summed E-state index contributed by atoms with van der Waals surface area (Å²) in [4.78, 5) is 22.6. The molecule has 0 unspecified atom stereocenters. The second-order valence-electron chi connectivity index (χ2n) is 4.38. The number of benzene rings is 2. The molecule has 6 nitrogen and oxygen atoms in total. The van der Waals surface area contributed by atoms with E-state index in [0.29, 0.717) is 10.6 Å². The summed E-state index contributed by atoms with van der Waals surface area (Å²) < 4.78 is 0. The molecule has 0 saturated heterocycles. The van der Waals surface area contributed by atoms with Crippen LogP contribution in [0.5, 0.6) is 0 Å². The topological polar surface area (TPSA) is 84.6 Å². The van der Waals surface area contributed by atoms with Crippen LogP contribution in [-0.4, -0.2) is 22.8 Å². The van der Waals surface area contributed by atoms with Crippen LogP contribution in [0.1, 0.15) is 5.56 Å². The first kappa shape index (κ1) is 17.0. The summed E-state index contributed by atoms with van der Waals surface area (Å²) in [6.45, 7) is 0. The Labute approximate surface area is 141 Å². The fourth-order valence-corrected chi connectivity index (χ4v) is 2.39. The number of hydrogen-bond acceptors (Lipinski definition) is 5. The molecular weight excluding hydrogens is 338 g/mol. The van der Waals surface area contributed by atoms with Gasteiger partial charge in [-0.2, -0.15) is 5.10 Å². The number of carbonyl (C=O) groups is 1. The fourth-order valence-electron chi connectivity index (χ4n) is 1.57. The number of amides is 1. The van der Waals surface area contributed by atoms with Crippen LogP contribution in [0.4, 0.5) is 5.69 Å². The Hall–Kier alpha value is -2.38. The first-order chi connectivity index (χ1) is 11.0. The van der Waals surface area contributed by atoms with Crippen LogP contribution in [0.15, 0.2) is 58.5 Å². The minimum Gasteiger partial charge on any atom is -0.272 e. The average Bonchev–Trinajstić information content (AvgIpc) is 2.55. The number of non-ortho nitro benzene ring substituents is 1. The van der Waals surface area contributed by atoms with E-state index in [9.17, 15) is 14.9 Å². The van der Waals surface area contributed by atoms with E-state index in [-0.39, 0.29) is 17.3 Å². The van der Waals surface area contributed by atoms with Crippen molar-refractivity contribution in [3.05, 3.63) is 69.2 Å². The summed E-state index contributed by atoms with van der Waals surface area (Å²) in [7, 11) is 0. The zero-order valence-electron chi connectivity index (χ0n) is 11.8. The molecular formula is C15H12ClN3O3S. The van der Waals surface area contributed by atoms with E-state index in [1.165, 1.54) is 30.1 Å². The molecule has 0 bridgehead atoms. The van der Waals surface area contributed by atoms with Crippen molar-refractivity contribution >= 4 is 41.2 Å². The maximum Gasteiger partial charge on any atom is 0.269 e. The third kappa shape index (κ3) is 5.72. The number of halogens is 1. The lowest BCUT2D eigenvalue weighted by Gasteiger charge is -2.01. The molecule has 0 atom stereocenters. The summed E-state index contributed by atoms with van der Waals surface area (Å²) in [5.41, 5.74) is 3.06. The van der Waals surface area contributed by atoms with Crippen molar-refractivity contribution < 1.29 is 9.72 Å². The summed E-state index contributed by atoms with van der Waals surface area (Å²) in [5.74, 6) is -0.0257. The number of rotatable bonds is 6. The lowest BCUT2D eigenvalue weighted by Crippen LogP contribution is -2.19. The highest BCUT2D eigenvalue weighted by molar-refractivity contribution is 8.00. The number of hydrazone groups is 1. The highest BCUT2D eigenvalue weighted by Gasteiger charge is 2.03. The Balaban J connectivity index is 1.79. The first-order valence-corrected chi connectivity index (χ1v) is 7.85. The van der Waals surface area contributed by atoms with Gasteiger partial charge in [0.1, 0.15) is 0 Å². The van der Waals surface area contributed by atoms with Crippen molar-refractivity contribution in [2.75, 3.05) is 5.75 Å². The number of nitro groups is 1. The van der Waals surface area contributed by atoms with E-state index in [1.54, 1.807) is 24.3 Å². The minimum absolute atomic E-state index is 0.00514. The van der Waals surface area contributed by atoms with Gasteiger partial charge in [-0.25, -0.2) is 5.43 Å². The van der Waals surface area contributed by atoms with Crippen LogP contribution in [0.25, 0.3) is 0 Å². The van der Waals surface area contributed by atoms with E-state index in [4.69, 9.17) is 11.6 Å². The van der Waals surface area contributed by atoms with Gasteiger partial charge in [0.15, 0.2) is 0 Å². The Morgan fingerprint density at radius 1 is 1.22 bits per heavy atom. The highest BCUT2D eigenvalue weighted by Crippen LogP contribution is 2.19. The van der Waals surface area contributed by atoms with Gasteiger partial charge in [-0.1, -0.05) is 11.6 Å². The molecule has 0 fully saturated rings. The number of nitrogens with one attached hydrogen (secondary N) is 1. The van der Waals surface area contributed by atoms with E-state index in [0.717, 1.165) is 4.90 Å². The third-order valence-corrected chi connectivity index (χ3v) is 3.95. The summed E-state index contributed by atoms with van der Waals surface area (Å²) in [5, 5.41) is 15.0. The maximum atomic E-state index is 11.7. The second-order valence-corrected chi connectivity index (χ2v) is 5.87. The molecule has 1 amide bonds. The van der Waals surface area contributed by atoms with Gasteiger partial charge in [0.2, 0.25) is 5.91 Å². The number of carbonyl (C=O) groups excluding carboxylic acids is 1. The van der Waals surface area contributed by atoms with Gasteiger partial charge in [-0.15, -0.1) is 11.8 Å². The zero-order chi connectivity index (χ0) is 16.7. The Morgan fingerprint density at radius 3 is 2.48 bits per heavy atom. The standard InChI is InChI=1S/C15H12ClN3O3S/c16-12-3-7-14(8-4-12)23-10-15(20)18-17-9-11-1-5-13(6-2-11)19(21)22/h1-9H,10H2,(H,18,20)/b17-9+. The van der Waals surface area contributed by atoms with Gasteiger partial charge < -0.3 is 0 Å². The van der Waals surface area contributed by atoms with Crippen molar-refractivity contribution in [1.82, 2.24) is 5.43 Å². The number of hydrogen-bond donors (Lipinski definition) is 1. The van der Waals surface area contributed by atoms with Crippen LogP contribution in [0.3, 0.4) is 0 Å². The van der Waals surface area contributed by atoms with Crippen LogP contribution in [0.2, 0.25) is 5.02 Å². The summed E-state index contributed by atoms with van der Waals surface area (Å²) in [6, 6.07) is 13.0. The van der Waals surface area contributed by atoms with Gasteiger partial charge >= 0.3 is 0 Å². The molecule has 2 aromatic carbocycles. The predicted octanol–water partition coefficient (Wildman–Crippen LogP) is 3.49. The van der Waals surface area contributed by atoms with Gasteiger partial charge in [-0.3, -0.25) is 14.9 Å². The van der Waals surface area contributed by atoms with Crippen molar-refractivity contribution in [3.63, 3.8) is 0 Å². The van der Waals surface area contributed by atoms with Gasteiger partial charge in [0.05, 0.1) is 16.9 Å². The normalized spacial score (nSPS) is 10.7. The zero-order valence-corrected chi connectivity index (χ0v) is 13.4. The molecule has 0 spiro atoms. The monoisotopic (exact) mass is 349 g/mol. The number of thioether (sulfide) groups is 1. The highest BCUT2D eigenvalue weighted by atomic mass is 35.5. The molecule has 0 radical (unpaired) electrons. The Morgan fingerprint density at radius 2 is 1.87 bits per heavy atom. The van der Waals surface area contributed by atoms with Crippen molar-refractivity contribution in [3.8, 4) is 0 Å². The first-order valence-electron chi connectivity index (χ1n) is 6.49.